The van der Waals surface area contributed by atoms with E-state index >= 15 is 0 Å². The number of likely N-dealkylation sites (tertiary alicyclic amines) is 1. The minimum atomic E-state index is -0.217. The van der Waals surface area contributed by atoms with Crippen molar-refractivity contribution in [1.29, 1.82) is 0 Å². The van der Waals surface area contributed by atoms with Gasteiger partial charge in [0, 0.05) is 38.0 Å². The summed E-state index contributed by atoms with van der Waals surface area (Å²) in [6.07, 6.45) is 12.0. The van der Waals surface area contributed by atoms with Gasteiger partial charge in [0.1, 0.15) is 18.7 Å². The maximum absolute atomic E-state index is 12.3. The van der Waals surface area contributed by atoms with Crippen LogP contribution in [0, 0.1) is 5.92 Å². The van der Waals surface area contributed by atoms with Gasteiger partial charge >= 0.3 is 0 Å². The molecule has 0 aromatic heterocycles. The molecule has 124 valence electrons. The van der Waals surface area contributed by atoms with Crippen LogP contribution in [0.15, 0.2) is 22.9 Å². The summed E-state index contributed by atoms with van der Waals surface area (Å²) >= 11 is 0. The summed E-state index contributed by atoms with van der Waals surface area (Å²) in [5.74, 6) is 0.320. The molecule has 0 aromatic rings. The maximum Gasteiger partial charge on any atom is 0.255 e. The fraction of sp³-hybridized carbons (Fsp3) is 0.684. The van der Waals surface area contributed by atoms with Gasteiger partial charge in [0.25, 0.3) is 5.91 Å². The molecule has 2 N–H and O–H groups in total. The van der Waals surface area contributed by atoms with E-state index in [1.165, 1.54) is 75.0 Å². The second-order valence-electron chi connectivity index (χ2n) is 7.44. The number of carbonyl (C=O) groups is 1. The van der Waals surface area contributed by atoms with Crippen molar-refractivity contribution >= 4 is 11.6 Å². The van der Waals surface area contributed by atoms with Gasteiger partial charge in [0.2, 0.25) is 0 Å². The average molecular weight is 314 g/mol. The van der Waals surface area contributed by atoms with Gasteiger partial charge < -0.3 is 10.6 Å². The van der Waals surface area contributed by atoms with E-state index in [1.807, 2.05) is 0 Å². The van der Waals surface area contributed by atoms with Crippen LogP contribution in [-0.4, -0.2) is 47.3 Å². The first-order chi connectivity index (χ1) is 11.2. The van der Waals surface area contributed by atoms with Gasteiger partial charge in [-0.15, -0.1) is 0 Å². The molecule has 2 aliphatic heterocycles. The lowest BCUT2D eigenvalue weighted by Gasteiger charge is -2.33. The van der Waals surface area contributed by atoms with E-state index in [4.69, 9.17) is 5.73 Å². The van der Waals surface area contributed by atoms with Crippen LogP contribution < -0.4 is 5.73 Å². The summed E-state index contributed by atoms with van der Waals surface area (Å²) in [6.45, 7) is 4.54. The molecular weight excluding hydrogens is 286 g/mol. The highest BCUT2D eigenvalue weighted by Crippen LogP contribution is 2.39. The highest BCUT2D eigenvalue weighted by Gasteiger charge is 2.37. The Kier molecular flexibility index (Phi) is 4.00. The second-order valence-corrected chi connectivity index (χ2v) is 7.44. The maximum atomic E-state index is 12.3. The number of rotatable bonds is 2. The number of allylic oxidation sites excluding steroid dienone is 3. The number of nitrogens with two attached hydrogens (primary N) is 1. The topological polar surface area (TPSA) is 49.3 Å². The molecule has 2 fully saturated rings. The molecular formula is C19H28N3O+. The van der Waals surface area contributed by atoms with Gasteiger partial charge in [-0.3, -0.25) is 4.79 Å². The highest BCUT2D eigenvalue weighted by atomic mass is 16.1. The van der Waals surface area contributed by atoms with Crippen LogP contribution in [0.4, 0.5) is 0 Å². The predicted molar refractivity (Wildman–Crippen MR) is 91.3 cm³/mol. The average Bonchev–Trinajstić information content (AvgIpc) is 3.26. The van der Waals surface area contributed by atoms with Crippen LogP contribution in [0.5, 0.6) is 0 Å². The number of primary amides is 1. The minimum absolute atomic E-state index is 0.217. The fourth-order valence-corrected chi connectivity index (χ4v) is 4.87. The van der Waals surface area contributed by atoms with E-state index < -0.39 is 0 Å². The number of amides is 1. The third kappa shape index (κ3) is 2.73. The lowest BCUT2D eigenvalue weighted by molar-refractivity contribution is -0.506. The normalized spacial score (nSPS) is 28.3. The van der Waals surface area contributed by atoms with Crippen molar-refractivity contribution in [2.45, 2.75) is 51.4 Å². The number of hydrogen-bond acceptors (Lipinski definition) is 2. The zero-order valence-corrected chi connectivity index (χ0v) is 14.0. The largest absolute Gasteiger partial charge is 0.375 e. The van der Waals surface area contributed by atoms with Gasteiger partial charge in [-0.1, -0.05) is 0 Å². The summed E-state index contributed by atoms with van der Waals surface area (Å²) in [7, 11) is 0. The molecule has 2 aliphatic carbocycles. The third-order valence-electron chi connectivity index (χ3n) is 6.06. The third-order valence-corrected chi connectivity index (χ3v) is 6.06. The molecule has 2 heterocycles. The Morgan fingerprint density at radius 2 is 1.78 bits per heavy atom. The lowest BCUT2D eigenvalue weighted by Crippen LogP contribution is -2.35. The summed E-state index contributed by atoms with van der Waals surface area (Å²) < 4.78 is 2.42. The lowest BCUT2D eigenvalue weighted by atomic mass is 9.75. The fourth-order valence-electron chi connectivity index (χ4n) is 4.87. The van der Waals surface area contributed by atoms with Crippen LogP contribution in [0.3, 0.4) is 0 Å². The molecule has 2 saturated heterocycles. The van der Waals surface area contributed by atoms with Crippen molar-refractivity contribution in [3.63, 3.8) is 0 Å². The molecule has 1 unspecified atom stereocenters. The Morgan fingerprint density at radius 1 is 1.09 bits per heavy atom. The van der Waals surface area contributed by atoms with Gasteiger partial charge in [0.05, 0.1) is 0 Å². The van der Waals surface area contributed by atoms with Gasteiger partial charge in [-0.05, 0) is 49.7 Å². The van der Waals surface area contributed by atoms with E-state index in [2.05, 4.69) is 15.6 Å². The Labute approximate surface area is 138 Å². The first-order valence-corrected chi connectivity index (χ1v) is 9.34. The van der Waals surface area contributed by atoms with Crippen molar-refractivity contribution in [3.8, 4) is 0 Å². The quantitative estimate of drug-likeness (QED) is 0.794. The van der Waals surface area contributed by atoms with Crippen molar-refractivity contribution in [1.82, 2.24) is 4.90 Å². The van der Waals surface area contributed by atoms with Crippen LogP contribution in [-0.2, 0) is 4.79 Å². The summed E-state index contributed by atoms with van der Waals surface area (Å²) in [6, 6.07) is 0. The van der Waals surface area contributed by atoms with Crippen molar-refractivity contribution < 1.29 is 9.37 Å². The van der Waals surface area contributed by atoms with E-state index in [-0.39, 0.29) is 5.91 Å². The van der Waals surface area contributed by atoms with E-state index in [1.54, 1.807) is 0 Å². The number of hydrogen-bond donors (Lipinski definition) is 1. The molecule has 0 bridgehead atoms. The molecule has 4 heteroatoms. The molecule has 1 atom stereocenters. The molecule has 4 aliphatic rings. The van der Waals surface area contributed by atoms with Crippen molar-refractivity contribution in [2.24, 2.45) is 11.7 Å². The minimum Gasteiger partial charge on any atom is -0.375 e. The smallest absolute Gasteiger partial charge is 0.255 e. The molecule has 23 heavy (non-hydrogen) atoms. The first kappa shape index (κ1) is 15.0. The molecule has 0 radical (unpaired) electrons. The standard InChI is InChI=1S/C19H27N3O/c20-19(23)18-16-13-15(21-9-1-2-10-21)7-5-14(16)6-8-17(18)22-11-3-4-12-22/h13-14H,1-12H2,(H-,20,23)/p+1. The summed E-state index contributed by atoms with van der Waals surface area (Å²) in [5, 5.41) is 0. The molecule has 0 saturated carbocycles. The van der Waals surface area contributed by atoms with Crippen molar-refractivity contribution in [3.05, 3.63) is 22.9 Å². The first-order valence-electron chi connectivity index (χ1n) is 9.34. The van der Waals surface area contributed by atoms with Crippen LogP contribution in [0.2, 0.25) is 0 Å². The van der Waals surface area contributed by atoms with Gasteiger partial charge in [0.15, 0.2) is 5.71 Å². The second kappa shape index (κ2) is 6.14. The summed E-state index contributed by atoms with van der Waals surface area (Å²) in [4.78, 5) is 14.8. The van der Waals surface area contributed by atoms with E-state index in [9.17, 15) is 4.79 Å². The molecule has 1 amide bonds. The van der Waals surface area contributed by atoms with Crippen molar-refractivity contribution in [2.75, 3.05) is 26.2 Å². The summed E-state index contributed by atoms with van der Waals surface area (Å²) in [5.41, 5.74) is 10.6. The Morgan fingerprint density at radius 3 is 2.48 bits per heavy atom. The molecule has 0 aromatic carbocycles. The number of carbonyl (C=O) groups excluding carboxylic acids is 1. The molecule has 4 nitrogen and oxygen atoms in total. The number of nitrogens with zero attached hydrogens (tertiary/aromatic N) is 2. The van der Waals surface area contributed by atoms with Crippen LogP contribution in [0.25, 0.3) is 0 Å². The Bertz CT molecular complexity index is 600. The Hall–Kier alpha value is -1.58. The monoisotopic (exact) mass is 314 g/mol. The highest BCUT2D eigenvalue weighted by molar-refractivity contribution is 6.20. The molecule has 4 rings (SSSR count). The zero-order chi connectivity index (χ0) is 15.8. The van der Waals surface area contributed by atoms with E-state index in [0.717, 1.165) is 25.1 Å². The predicted octanol–water partition coefficient (Wildman–Crippen LogP) is 2.20. The van der Waals surface area contributed by atoms with Crippen LogP contribution >= 0.6 is 0 Å². The molecule has 0 spiro atoms. The SMILES string of the molecule is NC(=O)C1=C2C=C(N3CCCC3)CCC2CCC1=[N+]1CCCC1. The van der Waals surface area contributed by atoms with Gasteiger partial charge in [-0.2, -0.15) is 0 Å². The van der Waals surface area contributed by atoms with Crippen LogP contribution in [0.1, 0.15) is 51.4 Å². The zero-order valence-electron chi connectivity index (χ0n) is 14.0. The van der Waals surface area contributed by atoms with Gasteiger partial charge in [-0.25, -0.2) is 4.58 Å². The number of fused-ring (bicyclic) bond motifs is 1. The Balaban J connectivity index is 1.78. The van der Waals surface area contributed by atoms with E-state index in [0.29, 0.717) is 5.92 Å².